The summed E-state index contributed by atoms with van der Waals surface area (Å²) < 4.78 is 5.15. The topological polar surface area (TPSA) is 46.6 Å². The van der Waals surface area contributed by atoms with Crippen molar-refractivity contribution < 1.29 is 14.3 Å². The Morgan fingerprint density at radius 3 is 2.23 bits per heavy atom. The Hall–Kier alpha value is -1.84. The minimum atomic E-state index is -0.378. The number of hydrogen-bond acceptors (Lipinski definition) is 3. The highest BCUT2D eigenvalue weighted by Crippen LogP contribution is 2.17. The minimum Gasteiger partial charge on any atom is -0.462 e. The molecule has 0 aliphatic carbocycles. The van der Waals surface area contributed by atoms with Crippen LogP contribution in [0.5, 0.6) is 0 Å². The van der Waals surface area contributed by atoms with Crippen LogP contribution >= 0.6 is 0 Å². The zero-order valence-electron chi connectivity index (χ0n) is 14.4. The summed E-state index contributed by atoms with van der Waals surface area (Å²) in [5.41, 5.74) is 1.72. The maximum absolute atomic E-state index is 12.7. The fraction of sp³-hybridized carbons (Fsp3) is 0.556. The van der Waals surface area contributed by atoms with Crippen molar-refractivity contribution in [1.29, 1.82) is 0 Å². The average Bonchev–Trinajstić information content (AvgIpc) is 2.43. The van der Waals surface area contributed by atoms with E-state index in [0.29, 0.717) is 11.5 Å². The molecule has 0 aromatic heterocycles. The molecule has 22 heavy (non-hydrogen) atoms. The Kier molecular flexibility index (Phi) is 6.60. The number of hydrogen-bond donors (Lipinski definition) is 0. The highest BCUT2D eigenvalue weighted by Gasteiger charge is 2.23. The van der Waals surface area contributed by atoms with Gasteiger partial charge in [-0.1, -0.05) is 26.0 Å². The molecule has 1 amide bonds. The molecule has 1 rings (SSSR count). The van der Waals surface area contributed by atoms with Gasteiger partial charge in [0.15, 0.2) is 0 Å². The normalized spacial score (nSPS) is 11.1. The summed E-state index contributed by atoms with van der Waals surface area (Å²) in [6, 6.07) is 7.50. The first-order valence-corrected chi connectivity index (χ1v) is 7.82. The lowest BCUT2D eigenvalue weighted by molar-refractivity contribution is -0.148. The molecule has 122 valence electrons. The lowest BCUT2D eigenvalue weighted by Gasteiger charge is -2.26. The summed E-state index contributed by atoms with van der Waals surface area (Å²) in [7, 11) is 0. The van der Waals surface area contributed by atoms with Gasteiger partial charge in [0.1, 0.15) is 6.54 Å². The molecule has 0 aliphatic rings. The highest BCUT2D eigenvalue weighted by atomic mass is 16.5. The number of carbonyl (C=O) groups excluding carboxylic acids is 2. The number of carbonyl (C=O) groups is 2. The molecular formula is C18H27NO3. The zero-order valence-corrected chi connectivity index (χ0v) is 14.4. The van der Waals surface area contributed by atoms with Crippen molar-refractivity contribution in [3.8, 4) is 0 Å². The largest absolute Gasteiger partial charge is 0.462 e. The van der Waals surface area contributed by atoms with E-state index in [1.165, 1.54) is 0 Å². The summed E-state index contributed by atoms with van der Waals surface area (Å²) in [4.78, 5) is 26.1. The van der Waals surface area contributed by atoms with E-state index in [-0.39, 0.29) is 30.6 Å². The molecule has 0 unspecified atom stereocenters. The predicted molar refractivity (Wildman–Crippen MR) is 87.9 cm³/mol. The van der Waals surface area contributed by atoms with Crippen LogP contribution in [0, 0.1) is 0 Å². The van der Waals surface area contributed by atoms with Gasteiger partial charge in [-0.15, -0.1) is 0 Å². The SMILES string of the molecule is CC(C)OC(=O)CN(C(=O)c1cccc(C(C)C)c1)C(C)C. The summed E-state index contributed by atoms with van der Waals surface area (Å²) in [5.74, 6) is -0.165. The Morgan fingerprint density at radius 2 is 1.73 bits per heavy atom. The van der Waals surface area contributed by atoms with Crippen molar-refractivity contribution in [1.82, 2.24) is 4.90 Å². The van der Waals surface area contributed by atoms with Gasteiger partial charge >= 0.3 is 5.97 Å². The number of rotatable bonds is 6. The smallest absolute Gasteiger partial charge is 0.325 e. The number of nitrogens with zero attached hydrogens (tertiary/aromatic N) is 1. The molecular weight excluding hydrogens is 278 g/mol. The lowest BCUT2D eigenvalue weighted by Crippen LogP contribution is -2.41. The quantitative estimate of drug-likeness (QED) is 0.754. The molecule has 0 fully saturated rings. The maximum atomic E-state index is 12.7. The molecule has 0 bridgehead atoms. The van der Waals surface area contributed by atoms with E-state index in [1.807, 2.05) is 32.0 Å². The van der Waals surface area contributed by atoms with Crippen LogP contribution in [0.25, 0.3) is 0 Å². The molecule has 0 spiro atoms. The van der Waals surface area contributed by atoms with Crippen LogP contribution in [0.15, 0.2) is 24.3 Å². The van der Waals surface area contributed by atoms with E-state index in [1.54, 1.807) is 24.8 Å². The van der Waals surface area contributed by atoms with E-state index in [4.69, 9.17) is 4.74 Å². The van der Waals surface area contributed by atoms with Gasteiger partial charge in [-0.05, 0) is 51.3 Å². The molecule has 1 aromatic carbocycles. The van der Waals surface area contributed by atoms with Gasteiger partial charge in [0.05, 0.1) is 6.10 Å². The number of ether oxygens (including phenoxy) is 1. The molecule has 0 heterocycles. The van der Waals surface area contributed by atoms with Crippen LogP contribution in [0.4, 0.5) is 0 Å². The van der Waals surface area contributed by atoms with Crippen LogP contribution < -0.4 is 0 Å². The standard InChI is InChI=1S/C18H27NO3/c1-12(2)15-8-7-9-16(10-15)18(21)19(13(3)4)11-17(20)22-14(5)6/h7-10,12-14H,11H2,1-6H3. The van der Waals surface area contributed by atoms with Gasteiger partial charge in [-0.25, -0.2) is 0 Å². The first kappa shape index (κ1) is 18.2. The van der Waals surface area contributed by atoms with Crippen LogP contribution in [0.1, 0.15) is 63.4 Å². The molecule has 4 heteroatoms. The average molecular weight is 305 g/mol. The second kappa shape index (κ2) is 7.97. The Morgan fingerprint density at radius 1 is 1.09 bits per heavy atom. The number of amides is 1. The van der Waals surface area contributed by atoms with E-state index in [9.17, 15) is 9.59 Å². The van der Waals surface area contributed by atoms with E-state index >= 15 is 0 Å². The van der Waals surface area contributed by atoms with Gasteiger partial charge in [0.2, 0.25) is 0 Å². The number of esters is 1. The van der Waals surface area contributed by atoms with Gasteiger partial charge in [-0.3, -0.25) is 9.59 Å². The van der Waals surface area contributed by atoms with Gasteiger partial charge in [0, 0.05) is 11.6 Å². The van der Waals surface area contributed by atoms with Crippen molar-refractivity contribution in [2.75, 3.05) is 6.54 Å². The predicted octanol–water partition coefficient (Wildman–Crippen LogP) is 3.61. The monoisotopic (exact) mass is 305 g/mol. The third-order valence-corrected chi connectivity index (χ3v) is 3.35. The summed E-state index contributed by atoms with van der Waals surface area (Å²) >= 11 is 0. The molecule has 1 aromatic rings. The Bertz CT molecular complexity index is 521. The van der Waals surface area contributed by atoms with Gasteiger partial charge < -0.3 is 9.64 Å². The van der Waals surface area contributed by atoms with Crippen molar-refractivity contribution in [3.63, 3.8) is 0 Å². The fourth-order valence-electron chi connectivity index (χ4n) is 2.12. The first-order valence-electron chi connectivity index (χ1n) is 7.82. The van der Waals surface area contributed by atoms with Crippen LogP contribution in [-0.4, -0.2) is 35.5 Å². The number of benzene rings is 1. The van der Waals surface area contributed by atoms with Crippen LogP contribution in [-0.2, 0) is 9.53 Å². The Labute approximate surface area is 133 Å². The van der Waals surface area contributed by atoms with Crippen molar-refractivity contribution in [2.24, 2.45) is 0 Å². The maximum Gasteiger partial charge on any atom is 0.325 e. The molecule has 4 nitrogen and oxygen atoms in total. The lowest BCUT2D eigenvalue weighted by atomic mass is 10.0. The van der Waals surface area contributed by atoms with E-state index in [0.717, 1.165) is 5.56 Å². The van der Waals surface area contributed by atoms with Crippen molar-refractivity contribution >= 4 is 11.9 Å². The zero-order chi connectivity index (χ0) is 16.9. The second-order valence-corrected chi connectivity index (χ2v) is 6.35. The molecule has 0 atom stereocenters. The minimum absolute atomic E-state index is 0.0272. The van der Waals surface area contributed by atoms with Crippen LogP contribution in [0.2, 0.25) is 0 Å². The third kappa shape index (κ3) is 5.17. The van der Waals surface area contributed by atoms with Crippen molar-refractivity contribution in [2.45, 2.75) is 59.6 Å². The highest BCUT2D eigenvalue weighted by molar-refractivity contribution is 5.96. The molecule has 0 aliphatic heterocycles. The molecule has 0 radical (unpaired) electrons. The van der Waals surface area contributed by atoms with E-state index in [2.05, 4.69) is 13.8 Å². The fourth-order valence-corrected chi connectivity index (χ4v) is 2.12. The van der Waals surface area contributed by atoms with Gasteiger partial charge in [0.25, 0.3) is 5.91 Å². The summed E-state index contributed by atoms with van der Waals surface area (Å²) in [6.45, 7) is 11.5. The van der Waals surface area contributed by atoms with Crippen molar-refractivity contribution in [3.05, 3.63) is 35.4 Å². The molecule has 0 saturated carbocycles. The van der Waals surface area contributed by atoms with Gasteiger partial charge in [-0.2, -0.15) is 0 Å². The second-order valence-electron chi connectivity index (χ2n) is 6.35. The van der Waals surface area contributed by atoms with Crippen LogP contribution in [0.3, 0.4) is 0 Å². The van der Waals surface area contributed by atoms with E-state index < -0.39 is 0 Å². The summed E-state index contributed by atoms with van der Waals surface area (Å²) in [6.07, 6.45) is -0.180. The Balaban J connectivity index is 2.94. The first-order chi connectivity index (χ1) is 10.2. The summed E-state index contributed by atoms with van der Waals surface area (Å²) in [5, 5.41) is 0. The molecule has 0 N–H and O–H groups in total. The molecule has 0 saturated heterocycles. The third-order valence-electron chi connectivity index (χ3n) is 3.35.